The maximum atomic E-state index is 12.1. The molecular formula is C19H30N2O2. The number of hydrogen-bond acceptors (Lipinski definition) is 3. The van der Waals surface area contributed by atoms with E-state index in [-0.39, 0.29) is 6.09 Å². The fraction of sp³-hybridized carbons (Fsp3) is 0.526. The fourth-order valence-electron chi connectivity index (χ4n) is 2.16. The number of anilines is 1. The predicted molar refractivity (Wildman–Crippen MR) is 96.7 cm³/mol. The minimum absolute atomic E-state index is 0.313. The Labute approximate surface area is 140 Å². The Morgan fingerprint density at radius 3 is 2.65 bits per heavy atom. The first-order valence-electron chi connectivity index (χ1n) is 8.12. The lowest BCUT2D eigenvalue weighted by Gasteiger charge is -2.26. The van der Waals surface area contributed by atoms with Crippen molar-refractivity contribution in [3.63, 3.8) is 0 Å². The van der Waals surface area contributed by atoms with Crippen LogP contribution in [0.1, 0.15) is 46.1 Å². The number of carbonyl (C=O) groups excluding carboxylic acids is 1. The first-order valence-corrected chi connectivity index (χ1v) is 8.12. The van der Waals surface area contributed by atoms with Gasteiger partial charge in [0.1, 0.15) is 5.60 Å². The lowest BCUT2D eigenvalue weighted by Crippen LogP contribution is -2.34. The molecule has 1 amide bonds. The molecule has 0 aliphatic carbocycles. The highest BCUT2D eigenvalue weighted by Crippen LogP contribution is 2.20. The van der Waals surface area contributed by atoms with E-state index in [9.17, 15) is 4.79 Å². The van der Waals surface area contributed by atoms with Crippen LogP contribution in [0.4, 0.5) is 10.5 Å². The molecule has 0 saturated heterocycles. The number of allylic oxidation sites excluding steroid dienone is 1. The average molecular weight is 318 g/mol. The Morgan fingerprint density at radius 1 is 1.39 bits per heavy atom. The second kappa shape index (κ2) is 8.61. The predicted octanol–water partition coefficient (Wildman–Crippen LogP) is 4.82. The summed E-state index contributed by atoms with van der Waals surface area (Å²) in [5.74, 6) is 0. The van der Waals surface area contributed by atoms with Crippen molar-refractivity contribution in [3.8, 4) is 0 Å². The Kier molecular flexibility index (Phi) is 7.14. The van der Waals surface area contributed by atoms with Gasteiger partial charge in [-0.25, -0.2) is 4.79 Å². The van der Waals surface area contributed by atoms with Crippen molar-refractivity contribution in [1.82, 2.24) is 4.90 Å². The molecule has 0 bridgehead atoms. The number of nitrogens with one attached hydrogen (secondary N) is 1. The third-order valence-electron chi connectivity index (χ3n) is 3.34. The fourth-order valence-corrected chi connectivity index (χ4v) is 2.16. The molecule has 23 heavy (non-hydrogen) atoms. The molecule has 0 spiro atoms. The Hall–Kier alpha value is -1.97. The molecule has 4 nitrogen and oxygen atoms in total. The highest BCUT2D eigenvalue weighted by Gasteiger charge is 2.20. The number of ether oxygens (including phenoxy) is 1. The van der Waals surface area contributed by atoms with Gasteiger partial charge in [-0.3, -0.25) is 0 Å². The summed E-state index contributed by atoms with van der Waals surface area (Å²) in [6.07, 6.45) is 3.63. The molecule has 4 heteroatoms. The zero-order valence-electron chi connectivity index (χ0n) is 15.1. The van der Waals surface area contributed by atoms with Crippen LogP contribution in [0.3, 0.4) is 0 Å². The first-order chi connectivity index (χ1) is 10.7. The molecule has 0 saturated carbocycles. The maximum Gasteiger partial charge on any atom is 0.410 e. The number of para-hydroxylation sites is 1. The highest BCUT2D eigenvalue weighted by molar-refractivity contribution is 5.68. The van der Waals surface area contributed by atoms with Crippen molar-refractivity contribution >= 4 is 11.8 Å². The van der Waals surface area contributed by atoms with Crippen LogP contribution >= 0.6 is 0 Å². The summed E-state index contributed by atoms with van der Waals surface area (Å²) in [7, 11) is 1.76. The molecule has 1 aromatic rings. The third kappa shape index (κ3) is 7.22. The molecule has 1 N–H and O–H groups in total. The van der Waals surface area contributed by atoms with Crippen LogP contribution in [0, 0.1) is 0 Å². The summed E-state index contributed by atoms with van der Waals surface area (Å²) in [4.78, 5) is 13.7. The molecular weight excluding hydrogens is 288 g/mol. The summed E-state index contributed by atoms with van der Waals surface area (Å²) in [6, 6.07) is 8.41. The van der Waals surface area contributed by atoms with Crippen LogP contribution in [-0.2, 0) is 11.3 Å². The standard InChI is InChI=1S/C19H30N2O2/c1-7-8-11-15(2)20-17-13-10-9-12-16(17)14-21(6)18(22)23-19(3,4)5/h7,9-10,12-13,15,20H,1,8,11,14H2,2-6H3. The summed E-state index contributed by atoms with van der Waals surface area (Å²) in [5.41, 5.74) is 1.65. The van der Waals surface area contributed by atoms with E-state index in [4.69, 9.17) is 4.74 Å². The number of rotatable bonds is 7. The van der Waals surface area contributed by atoms with Crippen molar-refractivity contribution < 1.29 is 9.53 Å². The number of amides is 1. The van der Waals surface area contributed by atoms with E-state index in [2.05, 4.69) is 18.8 Å². The first kappa shape index (κ1) is 19.1. The van der Waals surface area contributed by atoms with Crippen LogP contribution in [0.5, 0.6) is 0 Å². The van der Waals surface area contributed by atoms with Crippen molar-refractivity contribution in [1.29, 1.82) is 0 Å². The van der Waals surface area contributed by atoms with E-state index in [0.717, 1.165) is 24.1 Å². The van der Waals surface area contributed by atoms with Crippen LogP contribution < -0.4 is 5.32 Å². The van der Waals surface area contributed by atoms with Gasteiger partial charge in [-0.2, -0.15) is 0 Å². The van der Waals surface area contributed by atoms with Gasteiger partial charge in [0.2, 0.25) is 0 Å². The molecule has 0 aliphatic rings. The Bertz CT molecular complexity index is 520. The molecule has 0 aromatic heterocycles. The van der Waals surface area contributed by atoms with Crippen LogP contribution in [0.15, 0.2) is 36.9 Å². The molecule has 0 radical (unpaired) electrons. The van der Waals surface area contributed by atoms with Crippen LogP contribution in [-0.4, -0.2) is 29.7 Å². The van der Waals surface area contributed by atoms with E-state index in [1.54, 1.807) is 11.9 Å². The number of nitrogens with zero attached hydrogens (tertiary/aromatic N) is 1. The van der Waals surface area contributed by atoms with Gasteiger partial charge in [0.25, 0.3) is 0 Å². The smallest absolute Gasteiger partial charge is 0.410 e. The summed E-state index contributed by atoms with van der Waals surface area (Å²) in [5, 5.41) is 3.51. The maximum absolute atomic E-state index is 12.1. The van der Waals surface area contributed by atoms with Gasteiger partial charge < -0.3 is 15.0 Å². The molecule has 0 fully saturated rings. The number of carbonyl (C=O) groups is 1. The summed E-state index contributed by atoms with van der Waals surface area (Å²) in [6.45, 7) is 12.0. The lowest BCUT2D eigenvalue weighted by molar-refractivity contribution is 0.0285. The molecule has 1 rings (SSSR count). The molecule has 0 aliphatic heterocycles. The van der Waals surface area contributed by atoms with Gasteiger partial charge in [-0.15, -0.1) is 6.58 Å². The van der Waals surface area contributed by atoms with E-state index >= 15 is 0 Å². The van der Waals surface area contributed by atoms with Crippen molar-refractivity contribution in [2.24, 2.45) is 0 Å². The van der Waals surface area contributed by atoms with E-state index in [1.165, 1.54) is 0 Å². The van der Waals surface area contributed by atoms with Gasteiger partial charge in [-0.1, -0.05) is 24.3 Å². The summed E-state index contributed by atoms with van der Waals surface area (Å²) < 4.78 is 5.40. The highest BCUT2D eigenvalue weighted by atomic mass is 16.6. The largest absolute Gasteiger partial charge is 0.444 e. The van der Waals surface area contributed by atoms with Crippen molar-refractivity contribution in [2.45, 2.75) is 58.7 Å². The summed E-state index contributed by atoms with van der Waals surface area (Å²) >= 11 is 0. The number of benzene rings is 1. The van der Waals surface area contributed by atoms with Crippen LogP contribution in [0.2, 0.25) is 0 Å². The molecule has 0 heterocycles. The van der Waals surface area contributed by atoms with E-state index < -0.39 is 5.60 Å². The molecule has 1 atom stereocenters. The topological polar surface area (TPSA) is 41.6 Å². The molecule has 1 unspecified atom stereocenters. The zero-order chi connectivity index (χ0) is 17.5. The lowest BCUT2D eigenvalue weighted by atomic mass is 10.1. The van der Waals surface area contributed by atoms with Crippen molar-refractivity contribution in [3.05, 3.63) is 42.5 Å². The SMILES string of the molecule is C=CCCC(C)Nc1ccccc1CN(C)C(=O)OC(C)(C)C. The van der Waals surface area contributed by atoms with Gasteiger partial charge in [0.05, 0.1) is 6.54 Å². The minimum atomic E-state index is -0.484. The second-order valence-corrected chi connectivity index (χ2v) is 6.90. The molecule has 128 valence electrons. The minimum Gasteiger partial charge on any atom is -0.444 e. The monoisotopic (exact) mass is 318 g/mol. The van der Waals surface area contributed by atoms with Gasteiger partial charge >= 0.3 is 6.09 Å². The zero-order valence-corrected chi connectivity index (χ0v) is 15.1. The normalized spacial score (nSPS) is 12.4. The molecule has 1 aromatic carbocycles. The average Bonchev–Trinajstić information content (AvgIpc) is 2.45. The van der Waals surface area contributed by atoms with Gasteiger partial charge in [0.15, 0.2) is 0 Å². The second-order valence-electron chi connectivity index (χ2n) is 6.90. The quantitative estimate of drug-likeness (QED) is 0.733. The van der Waals surface area contributed by atoms with E-state index in [0.29, 0.717) is 12.6 Å². The third-order valence-corrected chi connectivity index (χ3v) is 3.34. The van der Waals surface area contributed by atoms with Crippen LogP contribution in [0.25, 0.3) is 0 Å². The Morgan fingerprint density at radius 2 is 2.04 bits per heavy atom. The van der Waals surface area contributed by atoms with Gasteiger partial charge in [-0.05, 0) is 52.2 Å². The number of hydrogen-bond donors (Lipinski definition) is 1. The van der Waals surface area contributed by atoms with Gasteiger partial charge in [0, 0.05) is 18.8 Å². The van der Waals surface area contributed by atoms with E-state index in [1.807, 2.05) is 51.1 Å². The van der Waals surface area contributed by atoms with Crippen molar-refractivity contribution in [2.75, 3.05) is 12.4 Å². The Balaban J connectivity index is 2.73.